The first kappa shape index (κ1) is 10.6. The van der Waals surface area contributed by atoms with Gasteiger partial charge in [-0.05, 0) is 12.1 Å². The molecule has 0 aliphatic carbocycles. The highest BCUT2D eigenvalue weighted by Gasteiger charge is 2.31. The van der Waals surface area contributed by atoms with E-state index in [1.165, 1.54) is 7.05 Å². The van der Waals surface area contributed by atoms with Crippen LogP contribution in [0.5, 0.6) is 5.75 Å². The highest BCUT2D eigenvalue weighted by atomic mass is 19.4. The van der Waals surface area contributed by atoms with E-state index in [1.807, 2.05) is 0 Å². The molecule has 1 aromatic carbocycles. The lowest BCUT2D eigenvalue weighted by Crippen LogP contribution is -2.17. The van der Waals surface area contributed by atoms with Gasteiger partial charge in [0.25, 0.3) is 0 Å². The fourth-order valence-electron chi connectivity index (χ4n) is 0.893. The Kier molecular flexibility index (Phi) is 2.83. The van der Waals surface area contributed by atoms with Crippen LogP contribution >= 0.6 is 0 Å². The molecule has 0 spiro atoms. The van der Waals surface area contributed by atoms with E-state index in [2.05, 4.69) is 10.1 Å². The van der Waals surface area contributed by atoms with Gasteiger partial charge in [-0.3, -0.25) is 0 Å². The molecule has 2 nitrogen and oxygen atoms in total. The molecule has 0 heterocycles. The van der Waals surface area contributed by atoms with Crippen molar-refractivity contribution in [3.63, 3.8) is 0 Å². The molecule has 0 amide bonds. The van der Waals surface area contributed by atoms with Crippen LogP contribution in [0.2, 0.25) is 0 Å². The summed E-state index contributed by atoms with van der Waals surface area (Å²) in [6, 6.07) is 2.74. The molecule has 0 aromatic heterocycles. The zero-order valence-electron chi connectivity index (χ0n) is 7.15. The summed E-state index contributed by atoms with van der Waals surface area (Å²) in [6.45, 7) is 0. The molecule has 0 fully saturated rings. The average molecular weight is 209 g/mol. The second kappa shape index (κ2) is 3.73. The molecule has 78 valence electrons. The maximum absolute atomic E-state index is 12.8. The Balaban J connectivity index is 2.90. The van der Waals surface area contributed by atoms with Crippen molar-refractivity contribution in [2.75, 3.05) is 12.4 Å². The van der Waals surface area contributed by atoms with Crippen molar-refractivity contribution in [1.82, 2.24) is 0 Å². The van der Waals surface area contributed by atoms with E-state index in [1.54, 1.807) is 0 Å². The van der Waals surface area contributed by atoms with Crippen LogP contribution in [0.15, 0.2) is 18.2 Å². The van der Waals surface area contributed by atoms with Crippen molar-refractivity contribution in [2.24, 2.45) is 0 Å². The summed E-state index contributed by atoms with van der Waals surface area (Å²) in [7, 11) is 1.40. The molecule has 0 saturated carbocycles. The van der Waals surface area contributed by atoms with E-state index in [9.17, 15) is 17.6 Å². The monoisotopic (exact) mass is 209 g/mol. The van der Waals surface area contributed by atoms with Crippen molar-refractivity contribution in [1.29, 1.82) is 0 Å². The number of anilines is 1. The molecule has 0 aliphatic heterocycles. The van der Waals surface area contributed by atoms with Gasteiger partial charge in [-0.15, -0.1) is 13.2 Å². The molecule has 1 N–H and O–H groups in total. The van der Waals surface area contributed by atoms with Crippen LogP contribution in [-0.2, 0) is 0 Å². The number of ether oxygens (including phenoxy) is 1. The van der Waals surface area contributed by atoms with Crippen LogP contribution in [0.1, 0.15) is 0 Å². The summed E-state index contributed by atoms with van der Waals surface area (Å²) >= 11 is 0. The van der Waals surface area contributed by atoms with Crippen molar-refractivity contribution >= 4 is 5.69 Å². The zero-order chi connectivity index (χ0) is 10.8. The van der Waals surface area contributed by atoms with E-state index in [0.29, 0.717) is 0 Å². The lowest BCUT2D eigenvalue weighted by Gasteiger charge is -2.10. The Morgan fingerprint density at radius 3 is 2.43 bits per heavy atom. The number of benzene rings is 1. The van der Waals surface area contributed by atoms with Crippen LogP contribution < -0.4 is 10.1 Å². The number of hydrogen-bond donors (Lipinski definition) is 1. The highest BCUT2D eigenvalue weighted by molar-refractivity contribution is 5.49. The molecule has 0 bridgehead atoms. The van der Waals surface area contributed by atoms with Crippen LogP contribution in [-0.4, -0.2) is 13.4 Å². The van der Waals surface area contributed by atoms with Crippen LogP contribution in [0, 0.1) is 5.82 Å². The smallest absolute Gasteiger partial charge is 0.406 e. The average Bonchev–Trinajstić information content (AvgIpc) is 2.06. The van der Waals surface area contributed by atoms with Gasteiger partial charge in [0.2, 0.25) is 0 Å². The second-order valence-corrected chi connectivity index (χ2v) is 2.44. The number of alkyl halides is 3. The number of halogens is 4. The van der Waals surface area contributed by atoms with Crippen molar-refractivity contribution in [2.45, 2.75) is 6.36 Å². The maximum atomic E-state index is 12.8. The van der Waals surface area contributed by atoms with Crippen LogP contribution in [0.3, 0.4) is 0 Å². The molecule has 0 radical (unpaired) electrons. The predicted octanol–water partition coefficient (Wildman–Crippen LogP) is 2.77. The van der Waals surface area contributed by atoms with E-state index in [0.717, 1.165) is 18.2 Å². The maximum Gasteiger partial charge on any atom is 0.573 e. The summed E-state index contributed by atoms with van der Waals surface area (Å²) in [5.74, 6) is -1.09. The summed E-state index contributed by atoms with van der Waals surface area (Å²) in [4.78, 5) is 0. The Hall–Kier alpha value is -1.46. The minimum Gasteiger partial charge on any atom is -0.406 e. The normalized spacial score (nSPS) is 11.2. The van der Waals surface area contributed by atoms with Crippen LogP contribution in [0.25, 0.3) is 0 Å². The van der Waals surface area contributed by atoms with Gasteiger partial charge in [0, 0.05) is 13.1 Å². The summed E-state index contributed by atoms with van der Waals surface area (Å²) < 4.78 is 51.6. The minimum absolute atomic E-state index is 0.0493. The lowest BCUT2D eigenvalue weighted by molar-refractivity contribution is -0.274. The van der Waals surface area contributed by atoms with E-state index < -0.39 is 17.9 Å². The molecule has 0 aliphatic rings. The second-order valence-electron chi connectivity index (χ2n) is 2.44. The standard InChI is InChI=1S/C8H7F4NO/c1-13-7-4-5(2-3-6(7)9)14-8(10,11)12/h2-4,13H,1H3. The SMILES string of the molecule is CNc1cc(OC(F)(F)F)ccc1F. The molecule has 0 unspecified atom stereocenters. The van der Waals surface area contributed by atoms with Gasteiger partial charge in [0.05, 0.1) is 5.69 Å². The number of hydrogen-bond acceptors (Lipinski definition) is 2. The van der Waals surface area contributed by atoms with Gasteiger partial charge in [-0.25, -0.2) is 4.39 Å². The fraction of sp³-hybridized carbons (Fsp3) is 0.250. The van der Waals surface area contributed by atoms with Gasteiger partial charge >= 0.3 is 6.36 Å². The third-order valence-electron chi connectivity index (χ3n) is 1.44. The molecule has 14 heavy (non-hydrogen) atoms. The number of nitrogens with one attached hydrogen (secondary N) is 1. The Bertz CT molecular complexity index is 324. The predicted molar refractivity (Wildman–Crippen MR) is 42.6 cm³/mol. The molecule has 1 rings (SSSR count). The van der Waals surface area contributed by atoms with Gasteiger partial charge in [-0.1, -0.05) is 0 Å². The minimum atomic E-state index is -4.76. The first-order chi connectivity index (χ1) is 6.42. The Morgan fingerprint density at radius 1 is 1.29 bits per heavy atom. The van der Waals surface area contributed by atoms with Gasteiger partial charge in [-0.2, -0.15) is 0 Å². The van der Waals surface area contributed by atoms with E-state index >= 15 is 0 Å². The lowest BCUT2D eigenvalue weighted by atomic mass is 10.3. The summed E-state index contributed by atoms with van der Waals surface area (Å²) in [6.07, 6.45) is -4.76. The Morgan fingerprint density at radius 2 is 1.93 bits per heavy atom. The first-order valence-electron chi connectivity index (χ1n) is 3.65. The van der Waals surface area contributed by atoms with Crippen molar-refractivity contribution < 1.29 is 22.3 Å². The van der Waals surface area contributed by atoms with Gasteiger partial charge < -0.3 is 10.1 Å². The van der Waals surface area contributed by atoms with E-state index in [-0.39, 0.29) is 5.69 Å². The quantitative estimate of drug-likeness (QED) is 0.756. The third kappa shape index (κ3) is 2.79. The molecule has 1 aromatic rings. The highest BCUT2D eigenvalue weighted by Crippen LogP contribution is 2.26. The zero-order valence-corrected chi connectivity index (χ0v) is 7.15. The van der Waals surface area contributed by atoms with Gasteiger partial charge in [0.15, 0.2) is 0 Å². The largest absolute Gasteiger partial charge is 0.573 e. The Labute approximate surface area is 77.5 Å². The molecule has 0 saturated heterocycles. The molecule has 0 atom stereocenters. The summed E-state index contributed by atoms with van der Waals surface area (Å²) in [5, 5.41) is 2.40. The molecular formula is C8H7F4NO. The van der Waals surface area contributed by atoms with Crippen LogP contribution in [0.4, 0.5) is 23.2 Å². The van der Waals surface area contributed by atoms with E-state index in [4.69, 9.17) is 0 Å². The van der Waals surface area contributed by atoms with Gasteiger partial charge in [0.1, 0.15) is 11.6 Å². The third-order valence-corrected chi connectivity index (χ3v) is 1.44. The summed E-state index contributed by atoms with van der Waals surface area (Å²) in [5.41, 5.74) is -0.0493. The van der Waals surface area contributed by atoms with Crippen molar-refractivity contribution in [3.8, 4) is 5.75 Å². The fourth-order valence-corrected chi connectivity index (χ4v) is 0.893. The number of rotatable bonds is 2. The topological polar surface area (TPSA) is 21.3 Å². The molecular weight excluding hydrogens is 202 g/mol. The molecule has 6 heteroatoms. The first-order valence-corrected chi connectivity index (χ1v) is 3.65. The van der Waals surface area contributed by atoms with Crippen molar-refractivity contribution in [3.05, 3.63) is 24.0 Å².